The highest BCUT2D eigenvalue weighted by atomic mass is 16.3. The Hall–Kier alpha value is -6.26. The molecule has 0 unspecified atom stereocenters. The van der Waals surface area contributed by atoms with E-state index in [1.807, 2.05) is 36.5 Å². The number of aromatic hydroxyl groups is 1. The molecule has 0 spiro atoms. The molecule has 0 bridgehead atoms. The lowest BCUT2D eigenvalue weighted by Gasteiger charge is -2.25. The molecule has 0 aliphatic carbocycles. The van der Waals surface area contributed by atoms with Gasteiger partial charge in [0.2, 0.25) is 0 Å². The number of imidazole rings is 1. The van der Waals surface area contributed by atoms with Crippen molar-refractivity contribution in [1.29, 1.82) is 0 Å². The van der Waals surface area contributed by atoms with Gasteiger partial charge in [-0.1, -0.05) is 153 Å². The zero-order valence-electron chi connectivity index (χ0n) is 38.6. The van der Waals surface area contributed by atoms with Gasteiger partial charge in [-0.15, -0.1) is 0 Å². The van der Waals surface area contributed by atoms with Crippen molar-refractivity contribution in [1.82, 2.24) is 14.5 Å². The van der Waals surface area contributed by atoms with Crippen LogP contribution in [0.3, 0.4) is 0 Å². The number of para-hydroxylation sites is 1. The van der Waals surface area contributed by atoms with Crippen molar-refractivity contribution >= 4 is 11.0 Å². The maximum atomic E-state index is 11.7. The Bertz CT molecular complexity index is 2940. The standard InChI is InChI=1S/C55H55N3O/c1-35-19-21-36(22-20-35)38-27-28-56-48(32-38)40-29-39(30-42(31-40)54(5,6)7)45-17-14-18-49-51(45)57-52(46-33-41(53(2,3)4)23-26-50(46)59)58(49)43-24-25-44(37-15-12-11-13-16-37)47(34-43)55(8,9)10/h11-34,59H,1-10H3/i1D3. The molecule has 2 aromatic heterocycles. The second-order valence-electron chi connectivity index (χ2n) is 18.8. The van der Waals surface area contributed by atoms with Gasteiger partial charge in [0.25, 0.3) is 0 Å². The monoisotopic (exact) mass is 776 g/mol. The molecule has 1 N–H and O–H groups in total. The highest BCUT2D eigenvalue weighted by Crippen LogP contribution is 2.43. The van der Waals surface area contributed by atoms with Gasteiger partial charge in [0.15, 0.2) is 0 Å². The zero-order chi connectivity index (χ0) is 44.4. The Morgan fingerprint density at radius 2 is 1.25 bits per heavy atom. The number of nitrogens with zero attached hydrogens (tertiary/aromatic N) is 3. The number of fused-ring (bicyclic) bond motifs is 1. The molecule has 4 nitrogen and oxygen atoms in total. The normalized spacial score (nSPS) is 13.3. The number of aryl methyl sites for hydroxylation is 1. The van der Waals surface area contributed by atoms with Crippen molar-refractivity contribution in [2.75, 3.05) is 0 Å². The molecule has 6 aromatic carbocycles. The van der Waals surface area contributed by atoms with Crippen LogP contribution in [0.1, 0.15) is 88.7 Å². The van der Waals surface area contributed by atoms with Crippen LogP contribution in [0.4, 0.5) is 0 Å². The van der Waals surface area contributed by atoms with E-state index < -0.39 is 6.85 Å². The molecule has 8 aromatic rings. The molecule has 2 heterocycles. The summed E-state index contributed by atoms with van der Waals surface area (Å²) in [5, 5.41) is 11.7. The van der Waals surface area contributed by atoms with Crippen LogP contribution in [0.25, 0.3) is 72.7 Å². The first-order valence-corrected chi connectivity index (χ1v) is 20.5. The molecule has 0 saturated heterocycles. The van der Waals surface area contributed by atoms with Crippen molar-refractivity contribution in [2.45, 2.75) is 85.4 Å². The van der Waals surface area contributed by atoms with Gasteiger partial charge in [-0.2, -0.15) is 0 Å². The maximum absolute atomic E-state index is 11.7. The first-order chi connectivity index (χ1) is 29.2. The zero-order valence-corrected chi connectivity index (χ0v) is 35.6. The van der Waals surface area contributed by atoms with E-state index in [1.54, 1.807) is 18.2 Å². The summed E-state index contributed by atoms with van der Waals surface area (Å²) in [6.45, 7) is 17.8. The first-order valence-electron chi connectivity index (χ1n) is 22.0. The Morgan fingerprint density at radius 3 is 1.95 bits per heavy atom. The minimum atomic E-state index is -2.16. The lowest BCUT2D eigenvalue weighted by molar-refractivity contribution is 0.475. The Labute approximate surface area is 354 Å². The number of rotatable bonds is 6. The minimum absolute atomic E-state index is 0.155. The van der Waals surface area contributed by atoms with Crippen molar-refractivity contribution < 1.29 is 9.22 Å². The summed E-state index contributed by atoms with van der Waals surface area (Å²) in [6.07, 6.45) is 1.81. The third-order valence-electron chi connectivity index (χ3n) is 11.3. The topological polar surface area (TPSA) is 50.9 Å². The molecule has 0 radical (unpaired) electrons. The lowest BCUT2D eigenvalue weighted by Crippen LogP contribution is -2.14. The lowest BCUT2D eigenvalue weighted by atomic mass is 9.81. The van der Waals surface area contributed by atoms with Crippen LogP contribution in [0.2, 0.25) is 0 Å². The van der Waals surface area contributed by atoms with Gasteiger partial charge in [-0.25, -0.2) is 4.98 Å². The largest absolute Gasteiger partial charge is 0.507 e. The van der Waals surface area contributed by atoms with Crippen molar-refractivity contribution in [2.24, 2.45) is 0 Å². The summed E-state index contributed by atoms with van der Waals surface area (Å²) in [5.41, 5.74) is 14.6. The fraction of sp³-hybridized carbons (Fsp3) is 0.236. The SMILES string of the molecule is [2H]C([2H])([2H])c1ccc(-c2ccnc(-c3cc(-c4cccc5c4nc(-c4cc(C(C)(C)C)ccc4O)n5-c4ccc(-c5ccccc5)c(C(C)(C)C)c4)cc(C(C)(C)C)c3)c2)cc1. The fourth-order valence-corrected chi connectivity index (χ4v) is 7.91. The van der Waals surface area contributed by atoms with E-state index in [4.69, 9.17) is 14.1 Å². The Kier molecular flexibility index (Phi) is 9.02. The third kappa shape index (κ3) is 7.84. The molecular formula is C55H55N3O. The van der Waals surface area contributed by atoms with Gasteiger partial charge in [0.05, 0.1) is 22.3 Å². The van der Waals surface area contributed by atoms with Crippen LogP contribution < -0.4 is 0 Å². The average Bonchev–Trinajstić information content (AvgIpc) is 3.62. The van der Waals surface area contributed by atoms with Gasteiger partial charge in [0.1, 0.15) is 11.6 Å². The van der Waals surface area contributed by atoms with Gasteiger partial charge >= 0.3 is 0 Å². The van der Waals surface area contributed by atoms with Crippen molar-refractivity contribution in [3.63, 3.8) is 0 Å². The van der Waals surface area contributed by atoms with Gasteiger partial charge in [0, 0.05) is 27.1 Å². The van der Waals surface area contributed by atoms with E-state index in [9.17, 15) is 5.11 Å². The molecule has 0 fully saturated rings. The molecular weight excluding hydrogens is 719 g/mol. The maximum Gasteiger partial charge on any atom is 0.149 e. The van der Waals surface area contributed by atoms with E-state index in [0.717, 1.165) is 61.4 Å². The van der Waals surface area contributed by atoms with Gasteiger partial charge in [-0.05, 0) is 122 Å². The van der Waals surface area contributed by atoms with Crippen LogP contribution in [0.15, 0.2) is 146 Å². The molecule has 59 heavy (non-hydrogen) atoms. The molecule has 296 valence electrons. The second-order valence-corrected chi connectivity index (χ2v) is 18.8. The Morgan fingerprint density at radius 1 is 0.525 bits per heavy atom. The number of pyridine rings is 1. The highest BCUT2D eigenvalue weighted by Gasteiger charge is 2.26. The first kappa shape index (κ1) is 35.9. The molecule has 0 saturated carbocycles. The second kappa shape index (κ2) is 14.8. The van der Waals surface area contributed by atoms with E-state index in [0.29, 0.717) is 17.0 Å². The predicted octanol–water partition coefficient (Wildman–Crippen LogP) is 14.7. The third-order valence-corrected chi connectivity index (χ3v) is 11.3. The predicted molar refractivity (Wildman–Crippen MR) is 249 cm³/mol. The van der Waals surface area contributed by atoms with Crippen molar-refractivity contribution in [3.05, 3.63) is 168 Å². The quantitative estimate of drug-likeness (QED) is 0.183. The highest BCUT2D eigenvalue weighted by molar-refractivity contribution is 5.97. The van der Waals surface area contributed by atoms with Crippen LogP contribution in [-0.4, -0.2) is 19.6 Å². The molecule has 4 heteroatoms. The van der Waals surface area contributed by atoms with E-state index in [1.165, 1.54) is 16.7 Å². The molecule has 0 aliphatic rings. The summed E-state index contributed by atoms with van der Waals surface area (Å²) < 4.78 is 25.7. The number of phenols is 1. The summed E-state index contributed by atoms with van der Waals surface area (Å²) in [7, 11) is 0. The summed E-state index contributed by atoms with van der Waals surface area (Å²) in [5.74, 6) is 0.832. The fourth-order valence-electron chi connectivity index (χ4n) is 7.91. The Balaban J connectivity index is 1.36. The van der Waals surface area contributed by atoms with E-state index >= 15 is 0 Å². The van der Waals surface area contributed by atoms with Crippen molar-refractivity contribution in [3.8, 4) is 67.5 Å². The summed E-state index contributed by atoms with van der Waals surface area (Å²) >= 11 is 0. The molecule has 0 aliphatic heterocycles. The van der Waals surface area contributed by atoms with Crippen LogP contribution in [-0.2, 0) is 16.2 Å². The minimum Gasteiger partial charge on any atom is -0.507 e. The smallest absolute Gasteiger partial charge is 0.149 e. The number of hydrogen-bond donors (Lipinski definition) is 1. The van der Waals surface area contributed by atoms with Gasteiger partial charge in [-0.3, -0.25) is 9.55 Å². The van der Waals surface area contributed by atoms with E-state index in [2.05, 4.69) is 158 Å². The van der Waals surface area contributed by atoms with Gasteiger partial charge < -0.3 is 5.11 Å². The molecule has 8 rings (SSSR count). The van der Waals surface area contributed by atoms with Crippen LogP contribution in [0, 0.1) is 6.85 Å². The summed E-state index contributed by atoms with van der Waals surface area (Å²) in [4.78, 5) is 10.4. The van der Waals surface area contributed by atoms with Crippen LogP contribution >= 0.6 is 0 Å². The number of aromatic nitrogens is 3. The summed E-state index contributed by atoms with van der Waals surface area (Å²) in [6, 6.07) is 47.2. The van der Waals surface area contributed by atoms with E-state index in [-0.39, 0.29) is 22.0 Å². The molecule has 0 amide bonds. The average molecular weight is 777 g/mol. The molecule has 0 atom stereocenters. The number of phenolic OH excluding ortho intramolecular Hbond substituents is 1. The number of benzene rings is 6. The number of hydrogen-bond acceptors (Lipinski definition) is 3. The van der Waals surface area contributed by atoms with Crippen LogP contribution in [0.5, 0.6) is 5.75 Å².